The van der Waals surface area contributed by atoms with Crippen LogP contribution < -0.4 is 0 Å². The molecule has 1 atom stereocenters. The molecule has 1 aromatic rings. The van der Waals surface area contributed by atoms with Gasteiger partial charge in [0.15, 0.2) is 0 Å². The van der Waals surface area contributed by atoms with Crippen molar-refractivity contribution in [2.45, 2.75) is 219 Å². The van der Waals surface area contributed by atoms with Gasteiger partial charge in [-0.1, -0.05) is 218 Å². The van der Waals surface area contributed by atoms with E-state index < -0.39 is 5.97 Å². The van der Waals surface area contributed by atoms with E-state index in [1.807, 2.05) is 0 Å². The normalized spacial score (nSPS) is 11.8. The summed E-state index contributed by atoms with van der Waals surface area (Å²) in [7, 11) is 4.46. The van der Waals surface area contributed by atoms with Gasteiger partial charge in [0.1, 0.15) is 0 Å². The smallest absolute Gasteiger partial charge is 0.303 e. The maximum absolute atomic E-state index is 10.3. The Labute approximate surface area is 289 Å². The molecule has 0 saturated heterocycles. The zero-order chi connectivity index (χ0) is 33.8. The van der Waals surface area contributed by atoms with Gasteiger partial charge in [-0.2, -0.15) is 0 Å². The van der Waals surface area contributed by atoms with E-state index in [2.05, 4.69) is 63.2 Å². The van der Waals surface area contributed by atoms with Gasteiger partial charge in [-0.15, -0.1) is 0 Å². The van der Waals surface area contributed by atoms with Crippen molar-refractivity contribution in [3.8, 4) is 0 Å². The molecule has 1 N–H and O–H groups in total. The van der Waals surface area contributed by atoms with E-state index in [9.17, 15) is 4.79 Å². The molecular weight excluding hydrogens is 562 g/mol. The highest BCUT2D eigenvalue weighted by atomic mass is 16.4. The molecule has 1 aromatic carbocycles. The summed E-state index contributed by atoms with van der Waals surface area (Å²) in [6.45, 7) is 4.57. The summed E-state index contributed by atoms with van der Waals surface area (Å²) in [4.78, 5) is 12.7. The fourth-order valence-corrected chi connectivity index (χ4v) is 6.47. The molecule has 0 spiro atoms. The predicted molar refractivity (Wildman–Crippen MR) is 205 cm³/mol. The van der Waals surface area contributed by atoms with Crippen LogP contribution in [0, 0.1) is 0 Å². The zero-order valence-corrected chi connectivity index (χ0v) is 31.7. The topological polar surface area (TPSA) is 40.5 Å². The fraction of sp³-hybridized carbons (Fsp3) is 0.837. The van der Waals surface area contributed by atoms with Gasteiger partial charge < -0.3 is 10.0 Å². The third-order valence-electron chi connectivity index (χ3n) is 9.68. The monoisotopic (exact) mass is 644 g/mol. The first-order valence-corrected chi connectivity index (χ1v) is 20.4. The summed E-state index contributed by atoms with van der Waals surface area (Å²) in [5.41, 5.74) is 1.47. The molecule has 0 bridgehead atoms. The van der Waals surface area contributed by atoms with Crippen LogP contribution in [0.2, 0.25) is 0 Å². The van der Waals surface area contributed by atoms with E-state index in [4.69, 9.17) is 5.11 Å². The molecule has 46 heavy (non-hydrogen) atoms. The Bertz CT molecular complexity index is 719. The number of rotatable bonds is 33. The molecular formula is C43H81NO2. The first-order chi connectivity index (χ1) is 22.5. The van der Waals surface area contributed by atoms with E-state index >= 15 is 0 Å². The molecule has 0 radical (unpaired) electrons. The molecule has 270 valence electrons. The largest absolute Gasteiger partial charge is 0.481 e. The van der Waals surface area contributed by atoms with Gasteiger partial charge in [0.2, 0.25) is 0 Å². The second kappa shape index (κ2) is 36.5. The number of unbranched alkanes of at least 4 members (excludes halogenated alkanes) is 26. The lowest BCUT2D eigenvalue weighted by Gasteiger charge is -2.24. The van der Waals surface area contributed by atoms with Crippen molar-refractivity contribution in [2.24, 2.45) is 0 Å². The third-order valence-corrected chi connectivity index (χ3v) is 9.68. The van der Waals surface area contributed by atoms with Crippen molar-refractivity contribution in [1.82, 2.24) is 4.90 Å². The highest BCUT2D eigenvalue weighted by Crippen LogP contribution is 2.17. The number of nitrogens with zero attached hydrogens (tertiary/aromatic N) is 1. The minimum absolute atomic E-state index is 0.345. The number of hydrogen-bond acceptors (Lipinski definition) is 2. The second-order valence-corrected chi connectivity index (χ2v) is 14.4. The van der Waals surface area contributed by atoms with Crippen LogP contribution in [0.4, 0.5) is 0 Å². The van der Waals surface area contributed by atoms with Gasteiger partial charge in [-0.3, -0.25) is 4.79 Å². The lowest BCUT2D eigenvalue weighted by atomic mass is 9.98. The number of likely N-dealkylation sites (N-methyl/N-ethyl adjacent to an activating group) is 1. The molecule has 0 saturated carbocycles. The van der Waals surface area contributed by atoms with Crippen LogP contribution in [0.1, 0.15) is 212 Å². The molecule has 1 unspecified atom stereocenters. The Morgan fingerprint density at radius 3 is 1.17 bits per heavy atom. The Morgan fingerprint density at radius 2 is 0.848 bits per heavy atom. The van der Waals surface area contributed by atoms with Gasteiger partial charge in [0, 0.05) is 12.5 Å². The van der Waals surface area contributed by atoms with Crippen LogP contribution in [0.3, 0.4) is 0 Å². The number of carbonyl (C=O) groups is 1. The SMILES string of the molecule is CCCCCCCCCCCCCCCC(Cc1ccccc1)N(C)C.CCCCCCCCCCCCCCCCCC(=O)O. The van der Waals surface area contributed by atoms with Crippen LogP contribution in [0.25, 0.3) is 0 Å². The predicted octanol–water partition coefficient (Wildman–Crippen LogP) is 14.0. The first kappa shape index (κ1) is 44.6. The van der Waals surface area contributed by atoms with Gasteiger partial charge in [0.05, 0.1) is 0 Å². The van der Waals surface area contributed by atoms with E-state index in [-0.39, 0.29) is 0 Å². The molecule has 0 aliphatic heterocycles. The lowest BCUT2D eigenvalue weighted by Crippen LogP contribution is -2.30. The van der Waals surface area contributed by atoms with E-state index in [0.717, 1.165) is 12.8 Å². The molecule has 0 heterocycles. The van der Waals surface area contributed by atoms with Crippen molar-refractivity contribution >= 4 is 5.97 Å². The molecule has 0 aliphatic carbocycles. The summed E-state index contributed by atoms with van der Waals surface area (Å²) in [6, 6.07) is 11.6. The number of benzene rings is 1. The quantitative estimate of drug-likeness (QED) is 0.0775. The molecule has 0 fully saturated rings. The molecule has 3 heteroatoms. The Hall–Kier alpha value is -1.35. The average Bonchev–Trinajstić information content (AvgIpc) is 3.05. The number of carboxylic acids is 1. The molecule has 0 aliphatic rings. The summed E-state index contributed by atoms with van der Waals surface area (Å²) in [5.74, 6) is -0.653. The van der Waals surface area contributed by atoms with E-state index in [1.54, 1.807) is 0 Å². The summed E-state index contributed by atoms with van der Waals surface area (Å²) >= 11 is 0. The maximum atomic E-state index is 10.3. The van der Waals surface area contributed by atoms with Crippen molar-refractivity contribution < 1.29 is 9.90 Å². The van der Waals surface area contributed by atoms with Crippen molar-refractivity contribution in [3.63, 3.8) is 0 Å². The Balaban J connectivity index is 0.000000914. The first-order valence-electron chi connectivity index (χ1n) is 20.4. The minimum Gasteiger partial charge on any atom is -0.481 e. The van der Waals surface area contributed by atoms with Crippen molar-refractivity contribution in [1.29, 1.82) is 0 Å². The zero-order valence-electron chi connectivity index (χ0n) is 31.7. The Morgan fingerprint density at radius 1 is 0.522 bits per heavy atom. The number of carboxylic acid groups (broad SMARTS) is 1. The average molecular weight is 644 g/mol. The molecule has 0 amide bonds. The van der Waals surface area contributed by atoms with Gasteiger partial charge >= 0.3 is 5.97 Å². The van der Waals surface area contributed by atoms with Gasteiger partial charge in [-0.05, 0) is 38.9 Å². The second-order valence-electron chi connectivity index (χ2n) is 14.4. The van der Waals surface area contributed by atoms with Crippen LogP contribution in [0.5, 0.6) is 0 Å². The van der Waals surface area contributed by atoms with E-state index in [0.29, 0.717) is 12.5 Å². The standard InChI is InChI=1S/C25H45N.C18H36O2/c1-4-5-6-7-8-9-10-11-12-13-14-15-19-22-25(26(2)3)23-24-20-17-16-18-21-24;1-2-3-4-5-6-7-8-9-10-11-12-13-14-15-16-17-18(19)20/h16-18,20-21,25H,4-15,19,22-23H2,1-3H3;2-17H2,1H3,(H,19,20). The Kier molecular flexibility index (Phi) is 35.4. The fourth-order valence-electron chi connectivity index (χ4n) is 6.47. The minimum atomic E-state index is -0.653. The van der Waals surface area contributed by atoms with Crippen LogP contribution in [-0.4, -0.2) is 36.1 Å². The van der Waals surface area contributed by atoms with E-state index in [1.165, 1.54) is 185 Å². The molecule has 3 nitrogen and oxygen atoms in total. The van der Waals surface area contributed by atoms with Crippen LogP contribution >= 0.6 is 0 Å². The molecule has 1 rings (SSSR count). The maximum Gasteiger partial charge on any atom is 0.303 e. The number of aliphatic carboxylic acids is 1. The van der Waals surface area contributed by atoms with Crippen LogP contribution in [-0.2, 0) is 11.2 Å². The van der Waals surface area contributed by atoms with Crippen LogP contribution in [0.15, 0.2) is 30.3 Å². The lowest BCUT2D eigenvalue weighted by molar-refractivity contribution is -0.137. The van der Waals surface area contributed by atoms with Crippen molar-refractivity contribution in [3.05, 3.63) is 35.9 Å². The highest BCUT2D eigenvalue weighted by Gasteiger charge is 2.11. The number of hydrogen-bond donors (Lipinski definition) is 1. The van der Waals surface area contributed by atoms with Gasteiger partial charge in [0.25, 0.3) is 0 Å². The molecule has 0 aromatic heterocycles. The third kappa shape index (κ3) is 34.0. The summed E-state index contributed by atoms with van der Waals surface area (Å²) in [6.07, 6.45) is 41.4. The summed E-state index contributed by atoms with van der Waals surface area (Å²) in [5, 5.41) is 8.52. The summed E-state index contributed by atoms with van der Waals surface area (Å²) < 4.78 is 0. The van der Waals surface area contributed by atoms with Crippen molar-refractivity contribution in [2.75, 3.05) is 14.1 Å². The van der Waals surface area contributed by atoms with Gasteiger partial charge in [-0.25, -0.2) is 0 Å². The highest BCUT2D eigenvalue weighted by molar-refractivity contribution is 5.66.